The first kappa shape index (κ1) is 23.1. The first-order valence-corrected chi connectivity index (χ1v) is 12.1. The van der Waals surface area contributed by atoms with Crippen molar-refractivity contribution < 1.29 is 19.0 Å². The summed E-state index contributed by atoms with van der Waals surface area (Å²) >= 11 is 1.37. The van der Waals surface area contributed by atoms with Crippen LogP contribution in [0.5, 0.6) is 17.2 Å². The molecule has 1 aromatic heterocycles. The molecule has 0 atom stereocenters. The van der Waals surface area contributed by atoms with Crippen LogP contribution in [0.25, 0.3) is 11.3 Å². The lowest BCUT2D eigenvalue weighted by Gasteiger charge is -2.30. The lowest BCUT2D eigenvalue weighted by atomic mass is 10.1. The highest BCUT2D eigenvalue weighted by atomic mass is 32.1. The smallest absolute Gasteiger partial charge is 0.257 e. The summed E-state index contributed by atoms with van der Waals surface area (Å²) in [6, 6.07) is 12.8. The number of thiazole rings is 1. The maximum absolute atomic E-state index is 12.7. The summed E-state index contributed by atoms with van der Waals surface area (Å²) in [6.07, 6.45) is 2.21. The van der Waals surface area contributed by atoms with E-state index in [4.69, 9.17) is 14.2 Å². The number of aromatic nitrogens is 1. The molecule has 8 heteroatoms. The van der Waals surface area contributed by atoms with Gasteiger partial charge in [0.2, 0.25) is 0 Å². The Labute approximate surface area is 198 Å². The van der Waals surface area contributed by atoms with Gasteiger partial charge in [-0.3, -0.25) is 15.0 Å². The van der Waals surface area contributed by atoms with E-state index in [9.17, 15) is 4.79 Å². The van der Waals surface area contributed by atoms with Crippen LogP contribution >= 0.6 is 11.3 Å². The second-order valence-corrected chi connectivity index (χ2v) is 8.63. The Morgan fingerprint density at radius 2 is 1.85 bits per heavy atom. The van der Waals surface area contributed by atoms with Gasteiger partial charge in [-0.1, -0.05) is 6.92 Å². The number of nitrogens with zero attached hydrogens (tertiary/aromatic N) is 2. The molecule has 2 aromatic carbocycles. The molecule has 0 unspecified atom stereocenters. The van der Waals surface area contributed by atoms with Crippen LogP contribution in [0.3, 0.4) is 0 Å². The minimum Gasteiger partial charge on any atom is -0.496 e. The van der Waals surface area contributed by atoms with Crippen molar-refractivity contribution in [2.75, 3.05) is 45.3 Å². The predicted octanol–water partition coefficient (Wildman–Crippen LogP) is 4.94. The van der Waals surface area contributed by atoms with Crippen molar-refractivity contribution >= 4 is 22.4 Å². The Balaban J connectivity index is 1.37. The Morgan fingerprint density at radius 3 is 2.55 bits per heavy atom. The number of hydrogen-bond donors (Lipinski definition) is 1. The maximum Gasteiger partial charge on any atom is 0.257 e. The molecular formula is C25H29N3O4S. The largest absolute Gasteiger partial charge is 0.496 e. The van der Waals surface area contributed by atoms with E-state index in [0.29, 0.717) is 29.7 Å². The van der Waals surface area contributed by atoms with Crippen molar-refractivity contribution in [2.24, 2.45) is 0 Å². The maximum atomic E-state index is 12.7. The Bertz CT molecular complexity index is 1060. The predicted molar refractivity (Wildman–Crippen MR) is 131 cm³/mol. The first-order chi connectivity index (χ1) is 16.2. The zero-order valence-electron chi connectivity index (χ0n) is 19.0. The number of carbonyl (C=O) groups is 1. The molecule has 1 N–H and O–H groups in total. The van der Waals surface area contributed by atoms with Gasteiger partial charge < -0.3 is 14.2 Å². The molecule has 33 heavy (non-hydrogen) atoms. The van der Waals surface area contributed by atoms with E-state index in [1.54, 1.807) is 19.2 Å². The molecule has 1 amide bonds. The minimum absolute atomic E-state index is 0.213. The van der Waals surface area contributed by atoms with Gasteiger partial charge in [0, 0.05) is 23.1 Å². The third-order valence-corrected chi connectivity index (χ3v) is 6.14. The fourth-order valence-electron chi connectivity index (χ4n) is 3.42. The van der Waals surface area contributed by atoms with Crippen molar-refractivity contribution in [1.82, 2.24) is 9.88 Å². The number of amides is 1. The number of nitrogens with one attached hydrogen (secondary N) is 1. The van der Waals surface area contributed by atoms with E-state index in [0.717, 1.165) is 48.8 Å². The third kappa shape index (κ3) is 6.03. The number of benzene rings is 2. The van der Waals surface area contributed by atoms with E-state index in [-0.39, 0.29) is 5.91 Å². The summed E-state index contributed by atoms with van der Waals surface area (Å²) < 4.78 is 17.0. The molecule has 0 saturated carbocycles. The van der Waals surface area contributed by atoms with Crippen LogP contribution in [-0.2, 0) is 0 Å². The molecule has 2 heterocycles. The van der Waals surface area contributed by atoms with Crippen molar-refractivity contribution in [2.45, 2.75) is 19.8 Å². The third-order valence-electron chi connectivity index (χ3n) is 5.39. The van der Waals surface area contributed by atoms with Crippen LogP contribution in [0.2, 0.25) is 0 Å². The van der Waals surface area contributed by atoms with Gasteiger partial charge in [-0.05, 0) is 68.4 Å². The first-order valence-electron chi connectivity index (χ1n) is 11.2. The van der Waals surface area contributed by atoms with Gasteiger partial charge in [0.05, 0.1) is 19.4 Å². The molecule has 1 saturated heterocycles. The zero-order valence-corrected chi connectivity index (χ0v) is 19.8. The number of carbonyl (C=O) groups excluding carboxylic acids is 1. The molecule has 174 valence electrons. The van der Waals surface area contributed by atoms with E-state index in [2.05, 4.69) is 22.1 Å². The molecule has 0 spiro atoms. The van der Waals surface area contributed by atoms with E-state index in [1.165, 1.54) is 17.8 Å². The van der Waals surface area contributed by atoms with Crippen LogP contribution < -0.4 is 19.5 Å². The number of ether oxygens (including phenoxy) is 3. The summed E-state index contributed by atoms with van der Waals surface area (Å²) in [5.41, 5.74) is 2.09. The quantitative estimate of drug-likeness (QED) is 0.430. The van der Waals surface area contributed by atoms with Gasteiger partial charge in [0.25, 0.3) is 5.91 Å². The molecule has 7 nitrogen and oxygen atoms in total. The molecule has 0 aliphatic carbocycles. The number of anilines is 1. The van der Waals surface area contributed by atoms with Crippen LogP contribution in [0, 0.1) is 0 Å². The van der Waals surface area contributed by atoms with Crippen molar-refractivity contribution in [3.05, 3.63) is 53.4 Å². The Kier molecular flexibility index (Phi) is 7.80. The topological polar surface area (TPSA) is 72.9 Å². The second-order valence-electron chi connectivity index (χ2n) is 7.77. The van der Waals surface area contributed by atoms with Crippen LogP contribution in [-0.4, -0.2) is 55.7 Å². The number of rotatable bonds is 11. The average Bonchev–Trinajstić information content (AvgIpc) is 3.27. The number of hydrogen-bond acceptors (Lipinski definition) is 7. The standard InChI is InChI=1S/C25H29N3O4S/c1-3-14-31-20-9-10-23(30-2)21(16-20)22-17-33-25(26-22)27-24(29)18-5-7-19(8-6-18)32-15-13-28-11-4-12-28/h5-10,16-17H,3-4,11-15H2,1-2H3,(H,26,27,29). The Morgan fingerprint density at radius 1 is 1.09 bits per heavy atom. The molecule has 1 fully saturated rings. The summed E-state index contributed by atoms with van der Waals surface area (Å²) in [4.78, 5) is 19.6. The van der Waals surface area contributed by atoms with Gasteiger partial charge in [-0.15, -0.1) is 11.3 Å². The lowest BCUT2D eigenvalue weighted by Crippen LogP contribution is -2.39. The normalized spacial score (nSPS) is 13.3. The number of methoxy groups -OCH3 is 1. The molecule has 3 aromatic rings. The molecule has 1 aliphatic heterocycles. The van der Waals surface area contributed by atoms with Gasteiger partial charge in [-0.25, -0.2) is 4.98 Å². The number of likely N-dealkylation sites (tertiary alicyclic amines) is 1. The fourth-order valence-corrected chi connectivity index (χ4v) is 4.13. The summed E-state index contributed by atoms with van der Waals surface area (Å²) in [5, 5.41) is 5.29. The van der Waals surface area contributed by atoms with E-state index in [1.807, 2.05) is 35.7 Å². The summed E-state index contributed by atoms with van der Waals surface area (Å²) in [7, 11) is 1.62. The highest BCUT2D eigenvalue weighted by molar-refractivity contribution is 7.14. The van der Waals surface area contributed by atoms with Gasteiger partial charge in [0.15, 0.2) is 5.13 Å². The lowest BCUT2D eigenvalue weighted by molar-refractivity contribution is 0.102. The highest BCUT2D eigenvalue weighted by Gasteiger charge is 2.15. The molecule has 0 radical (unpaired) electrons. The summed E-state index contributed by atoms with van der Waals surface area (Å²) in [5.74, 6) is 2.01. The molecular weight excluding hydrogens is 438 g/mol. The van der Waals surface area contributed by atoms with Crippen molar-refractivity contribution in [3.63, 3.8) is 0 Å². The van der Waals surface area contributed by atoms with Crippen molar-refractivity contribution in [1.29, 1.82) is 0 Å². The van der Waals surface area contributed by atoms with Crippen LogP contribution in [0.4, 0.5) is 5.13 Å². The van der Waals surface area contributed by atoms with E-state index < -0.39 is 0 Å². The van der Waals surface area contributed by atoms with Gasteiger partial charge in [0.1, 0.15) is 23.9 Å². The molecule has 0 bridgehead atoms. The minimum atomic E-state index is -0.213. The van der Waals surface area contributed by atoms with Gasteiger partial charge in [-0.2, -0.15) is 0 Å². The van der Waals surface area contributed by atoms with Crippen LogP contribution in [0.1, 0.15) is 30.1 Å². The average molecular weight is 468 g/mol. The summed E-state index contributed by atoms with van der Waals surface area (Å²) in [6.45, 7) is 6.62. The van der Waals surface area contributed by atoms with E-state index >= 15 is 0 Å². The fraction of sp³-hybridized carbons (Fsp3) is 0.360. The zero-order chi connectivity index (χ0) is 23.0. The highest BCUT2D eigenvalue weighted by Crippen LogP contribution is 2.35. The Hall–Kier alpha value is -3.10. The van der Waals surface area contributed by atoms with Gasteiger partial charge >= 0.3 is 0 Å². The molecule has 1 aliphatic rings. The second kappa shape index (κ2) is 11.2. The van der Waals surface area contributed by atoms with Crippen molar-refractivity contribution in [3.8, 4) is 28.5 Å². The monoisotopic (exact) mass is 467 g/mol. The van der Waals surface area contributed by atoms with Crippen LogP contribution in [0.15, 0.2) is 47.8 Å². The SMILES string of the molecule is CCCOc1ccc(OC)c(-c2csc(NC(=O)c3ccc(OCCN4CCC4)cc3)n2)c1. The molecule has 4 rings (SSSR count).